The van der Waals surface area contributed by atoms with E-state index >= 15 is 0 Å². The van der Waals surface area contributed by atoms with Gasteiger partial charge in [0.05, 0.1) is 18.8 Å². The maximum atomic E-state index is 12.1. The van der Waals surface area contributed by atoms with Crippen molar-refractivity contribution < 1.29 is 22.3 Å². The summed E-state index contributed by atoms with van der Waals surface area (Å²) in [6, 6.07) is 3.07. The minimum absolute atomic E-state index is 0.0991. The Morgan fingerprint density at radius 1 is 1.29 bits per heavy atom. The third-order valence-electron chi connectivity index (χ3n) is 2.92. The zero-order valence-corrected chi connectivity index (χ0v) is 13.7. The van der Waals surface area contributed by atoms with Crippen LogP contribution in [-0.2, 0) is 26.0 Å². The van der Waals surface area contributed by atoms with Gasteiger partial charge in [0.15, 0.2) is 0 Å². The molecule has 0 amide bonds. The lowest BCUT2D eigenvalue weighted by Gasteiger charge is -2.22. The van der Waals surface area contributed by atoms with E-state index in [1.807, 2.05) is 0 Å². The van der Waals surface area contributed by atoms with Crippen molar-refractivity contribution in [1.82, 2.24) is 10.0 Å². The smallest absolute Gasteiger partial charge is 0.274 e. The lowest BCUT2D eigenvalue weighted by atomic mass is 10.1. The second kappa shape index (κ2) is 7.90. The van der Waals surface area contributed by atoms with Gasteiger partial charge in [0.1, 0.15) is 5.76 Å². The van der Waals surface area contributed by atoms with Crippen LogP contribution in [0.5, 0.6) is 0 Å². The summed E-state index contributed by atoms with van der Waals surface area (Å²) in [5.41, 5.74) is -0.579. The third-order valence-corrected chi connectivity index (χ3v) is 4.20. The minimum Gasteiger partial charge on any atom is -0.447 e. The molecule has 7 nitrogen and oxygen atoms in total. The minimum atomic E-state index is -3.67. The van der Waals surface area contributed by atoms with Gasteiger partial charge in [-0.15, -0.1) is 0 Å². The molecule has 0 saturated heterocycles. The zero-order chi connectivity index (χ0) is 15.9. The van der Waals surface area contributed by atoms with Crippen LogP contribution < -0.4 is 10.0 Å². The van der Waals surface area contributed by atoms with Crippen molar-refractivity contribution in [3.63, 3.8) is 0 Å². The molecule has 0 aliphatic heterocycles. The normalized spacial score (nSPS) is 12.8. The Morgan fingerprint density at radius 2 is 2.00 bits per heavy atom. The molecule has 0 atom stereocenters. The van der Waals surface area contributed by atoms with Crippen LogP contribution in [0.15, 0.2) is 21.6 Å². The molecule has 1 rings (SSSR count). The molecule has 122 valence electrons. The number of hydrogen-bond donors (Lipinski definition) is 2. The predicted molar refractivity (Wildman–Crippen MR) is 78.6 cm³/mol. The molecular formula is C13H24N2O5S. The summed E-state index contributed by atoms with van der Waals surface area (Å²) in [6.45, 7) is 5.45. The van der Waals surface area contributed by atoms with Gasteiger partial charge in [-0.05, 0) is 26.0 Å². The Morgan fingerprint density at radius 3 is 2.62 bits per heavy atom. The van der Waals surface area contributed by atoms with Gasteiger partial charge in [0.2, 0.25) is 5.09 Å². The van der Waals surface area contributed by atoms with E-state index in [9.17, 15) is 8.42 Å². The summed E-state index contributed by atoms with van der Waals surface area (Å²) in [4.78, 5) is 0. The average Bonchev–Trinajstić information content (AvgIpc) is 2.91. The van der Waals surface area contributed by atoms with E-state index in [-0.39, 0.29) is 11.6 Å². The molecule has 0 aliphatic carbocycles. The van der Waals surface area contributed by atoms with Gasteiger partial charge in [0, 0.05) is 27.3 Å². The van der Waals surface area contributed by atoms with Crippen LogP contribution in [0.1, 0.15) is 19.6 Å². The fourth-order valence-electron chi connectivity index (χ4n) is 1.40. The number of nitrogens with one attached hydrogen (secondary N) is 2. The Balaban J connectivity index is 2.58. The van der Waals surface area contributed by atoms with Crippen molar-refractivity contribution >= 4 is 10.0 Å². The Bertz CT molecular complexity index is 524. The topological polar surface area (TPSA) is 89.8 Å². The van der Waals surface area contributed by atoms with Crippen LogP contribution in [0.2, 0.25) is 0 Å². The van der Waals surface area contributed by atoms with Gasteiger partial charge in [-0.3, -0.25) is 0 Å². The van der Waals surface area contributed by atoms with Crippen LogP contribution >= 0.6 is 0 Å². The van der Waals surface area contributed by atoms with Crippen molar-refractivity contribution in [2.24, 2.45) is 0 Å². The highest BCUT2D eigenvalue weighted by atomic mass is 32.2. The Kier molecular flexibility index (Phi) is 6.82. The van der Waals surface area contributed by atoms with E-state index in [1.54, 1.807) is 27.0 Å². The molecule has 0 bridgehead atoms. The third kappa shape index (κ3) is 6.15. The molecule has 0 aliphatic rings. The summed E-state index contributed by atoms with van der Waals surface area (Å²) >= 11 is 0. The Hall–Kier alpha value is -0.930. The monoisotopic (exact) mass is 320 g/mol. The summed E-state index contributed by atoms with van der Waals surface area (Å²) in [5.74, 6) is 0.553. The maximum Gasteiger partial charge on any atom is 0.274 e. The second-order valence-corrected chi connectivity index (χ2v) is 6.88. The van der Waals surface area contributed by atoms with Crippen LogP contribution in [0.4, 0.5) is 0 Å². The first-order valence-electron chi connectivity index (χ1n) is 6.64. The predicted octanol–water partition coefficient (Wildman–Crippen LogP) is 0.719. The summed E-state index contributed by atoms with van der Waals surface area (Å²) in [5, 5.41) is 2.98. The lowest BCUT2D eigenvalue weighted by Crippen LogP contribution is -2.39. The van der Waals surface area contributed by atoms with Crippen molar-refractivity contribution in [1.29, 1.82) is 0 Å². The van der Waals surface area contributed by atoms with E-state index in [0.717, 1.165) is 0 Å². The fraction of sp³-hybridized carbons (Fsp3) is 0.692. The highest BCUT2D eigenvalue weighted by Crippen LogP contribution is 2.15. The molecule has 2 N–H and O–H groups in total. The number of methoxy groups -OCH3 is 2. The standard InChI is InChI=1S/C13H24N2O5S/c1-13(2,19-4)10-15-21(16,17)12-6-5-11(20-12)9-14-7-8-18-3/h5-6,14-15H,7-10H2,1-4H3. The van der Waals surface area contributed by atoms with E-state index in [0.29, 0.717) is 25.5 Å². The molecule has 1 aromatic rings. The van der Waals surface area contributed by atoms with Crippen molar-refractivity contribution in [2.75, 3.05) is 33.9 Å². The molecule has 8 heteroatoms. The van der Waals surface area contributed by atoms with E-state index in [4.69, 9.17) is 13.9 Å². The number of rotatable bonds is 10. The van der Waals surface area contributed by atoms with Crippen LogP contribution in [0.25, 0.3) is 0 Å². The highest BCUT2D eigenvalue weighted by molar-refractivity contribution is 7.89. The SMILES string of the molecule is COCCNCc1ccc(S(=O)(=O)NCC(C)(C)OC)o1. The van der Waals surface area contributed by atoms with Crippen molar-refractivity contribution in [3.05, 3.63) is 17.9 Å². The maximum absolute atomic E-state index is 12.1. The molecule has 0 saturated carbocycles. The second-order valence-electron chi connectivity index (χ2n) is 5.18. The van der Waals surface area contributed by atoms with E-state index in [1.165, 1.54) is 13.2 Å². The molecule has 0 spiro atoms. The first-order chi connectivity index (χ1) is 9.80. The Labute approximate surface area is 126 Å². The number of furan rings is 1. The summed E-state index contributed by atoms with van der Waals surface area (Å²) in [6.07, 6.45) is 0. The van der Waals surface area contributed by atoms with Crippen molar-refractivity contribution in [2.45, 2.75) is 31.1 Å². The van der Waals surface area contributed by atoms with Gasteiger partial charge in [0.25, 0.3) is 10.0 Å². The van der Waals surface area contributed by atoms with Crippen LogP contribution in [0, 0.1) is 0 Å². The van der Waals surface area contributed by atoms with Gasteiger partial charge >= 0.3 is 0 Å². The van der Waals surface area contributed by atoms with Gasteiger partial charge < -0.3 is 19.2 Å². The molecule has 0 fully saturated rings. The summed E-state index contributed by atoms with van der Waals surface area (Å²) < 4.78 is 42.0. The molecule has 0 aromatic carbocycles. The number of ether oxygens (including phenoxy) is 2. The van der Waals surface area contributed by atoms with Gasteiger partial charge in [-0.2, -0.15) is 0 Å². The molecule has 1 heterocycles. The fourth-order valence-corrected chi connectivity index (χ4v) is 2.54. The van der Waals surface area contributed by atoms with Crippen molar-refractivity contribution in [3.8, 4) is 0 Å². The molecule has 21 heavy (non-hydrogen) atoms. The van der Waals surface area contributed by atoms with Gasteiger partial charge in [-0.25, -0.2) is 13.1 Å². The average molecular weight is 320 g/mol. The molecular weight excluding hydrogens is 296 g/mol. The highest BCUT2D eigenvalue weighted by Gasteiger charge is 2.24. The first kappa shape index (κ1) is 18.1. The van der Waals surface area contributed by atoms with Gasteiger partial charge in [-0.1, -0.05) is 0 Å². The summed E-state index contributed by atoms with van der Waals surface area (Å²) in [7, 11) is -0.517. The molecule has 0 radical (unpaired) electrons. The lowest BCUT2D eigenvalue weighted by molar-refractivity contribution is 0.0275. The molecule has 1 aromatic heterocycles. The number of hydrogen-bond acceptors (Lipinski definition) is 6. The van der Waals surface area contributed by atoms with Crippen LogP contribution in [0.3, 0.4) is 0 Å². The zero-order valence-electron chi connectivity index (χ0n) is 12.9. The van der Waals surface area contributed by atoms with E-state index < -0.39 is 15.6 Å². The first-order valence-corrected chi connectivity index (χ1v) is 8.12. The number of sulfonamides is 1. The quantitative estimate of drug-likeness (QED) is 0.617. The molecule has 0 unspecified atom stereocenters. The van der Waals surface area contributed by atoms with Crippen LogP contribution in [-0.4, -0.2) is 47.9 Å². The largest absolute Gasteiger partial charge is 0.447 e. The van der Waals surface area contributed by atoms with E-state index in [2.05, 4.69) is 10.0 Å².